The second-order valence-electron chi connectivity index (χ2n) is 4.87. The molecule has 3 nitrogen and oxygen atoms in total. The minimum absolute atomic E-state index is 0.222. The summed E-state index contributed by atoms with van der Waals surface area (Å²) in [4.78, 5) is 11.7. The predicted octanol–water partition coefficient (Wildman–Crippen LogP) is 5.01. The summed E-state index contributed by atoms with van der Waals surface area (Å²) >= 11 is 11.7. The second kappa shape index (κ2) is 7.55. The van der Waals surface area contributed by atoms with E-state index < -0.39 is 0 Å². The first-order valence-electron chi connectivity index (χ1n) is 6.83. The zero-order valence-corrected chi connectivity index (χ0v) is 12.7. The highest BCUT2D eigenvalue weighted by molar-refractivity contribution is 6.42. The highest BCUT2D eigenvalue weighted by atomic mass is 35.5. The fourth-order valence-corrected chi connectivity index (χ4v) is 2.52. The molecule has 0 aromatic heterocycles. The summed E-state index contributed by atoms with van der Waals surface area (Å²) in [6, 6.07) is 4.79. The summed E-state index contributed by atoms with van der Waals surface area (Å²) < 4.78 is 0. The highest BCUT2D eigenvalue weighted by Crippen LogP contribution is 2.25. The zero-order chi connectivity index (χ0) is 14.4. The number of nitrogens with one attached hydrogen (secondary N) is 2. The van der Waals surface area contributed by atoms with Gasteiger partial charge in [-0.1, -0.05) is 34.9 Å². The number of allylic oxidation sites excluding steroid dienone is 1. The summed E-state index contributed by atoms with van der Waals surface area (Å²) in [5.41, 5.74) is 2.08. The first-order chi connectivity index (χ1) is 9.65. The lowest BCUT2D eigenvalue weighted by atomic mass is 9.97. The third-order valence-electron chi connectivity index (χ3n) is 3.29. The van der Waals surface area contributed by atoms with Gasteiger partial charge in [0, 0.05) is 12.2 Å². The minimum atomic E-state index is -0.222. The van der Waals surface area contributed by atoms with Crippen molar-refractivity contribution in [2.24, 2.45) is 0 Å². The van der Waals surface area contributed by atoms with Crippen LogP contribution in [-0.4, -0.2) is 12.6 Å². The number of carbonyl (C=O) groups excluding carboxylic acids is 1. The monoisotopic (exact) mass is 312 g/mol. The number of benzene rings is 1. The number of carbonyl (C=O) groups is 1. The maximum atomic E-state index is 11.7. The van der Waals surface area contributed by atoms with Crippen LogP contribution in [0.5, 0.6) is 0 Å². The van der Waals surface area contributed by atoms with E-state index in [0.29, 0.717) is 22.3 Å². The van der Waals surface area contributed by atoms with E-state index in [4.69, 9.17) is 23.2 Å². The van der Waals surface area contributed by atoms with Crippen LogP contribution in [0.3, 0.4) is 0 Å². The van der Waals surface area contributed by atoms with Crippen molar-refractivity contribution >= 4 is 34.9 Å². The smallest absolute Gasteiger partial charge is 0.319 e. The lowest BCUT2D eigenvalue weighted by molar-refractivity contribution is 0.252. The maximum absolute atomic E-state index is 11.7. The molecule has 0 fully saturated rings. The van der Waals surface area contributed by atoms with Crippen LogP contribution in [0.15, 0.2) is 29.8 Å². The Labute approximate surface area is 129 Å². The van der Waals surface area contributed by atoms with Gasteiger partial charge in [-0.15, -0.1) is 0 Å². The van der Waals surface area contributed by atoms with Crippen LogP contribution in [0, 0.1) is 0 Å². The average Bonchev–Trinajstić information content (AvgIpc) is 2.44. The van der Waals surface area contributed by atoms with Gasteiger partial charge in [0.25, 0.3) is 0 Å². The van der Waals surface area contributed by atoms with Gasteiger partial charge in [-0.25, -0.2) is 4.79 Å². The summed E-state index contributed by atoms with van der Waals surface area (Å²) in [5.74, 6) is 0. The Hall–Kier alpha value is -1.19. The quantitative estimate of drug-likeness (QED) is 0.754. The van der Waals surface area contributed by atoms with Gasteiger partial charge in [-0.2, -0.15) is 0 Å². The number of halogens is 2. The molecule has 2 N–H and O–H groups in total. The molecule has 0 heterocycles. The Morgan fingerprint density at radius 2 is 2.05 bits per heavy atom. The predicted molar refractivity (Wildman–Crippen MR) is 84.7 cm³/mol. The summed E-state index contributed by atoms with van der Waals surface area (Å²) in [7, 11) is 0. The van der Waals surface area contributed by atoms with Gasteiger partial charge < -0.3 is 10.6 Å². The molecule has 0 atom stereocenters. The molecular weight excluding hydrogens is 295 g/mol. The number of hydrogen-bond acceptors (Lipinski definition) is 1. The lowest BCUT2D eigenvalue weighted by Gasteiger charge is -2.13. The molecule has 0 radical (unpaired) electrons. The fraction of sp³-hybridized carbons (Fsp3) is 0.400. The van der Waals surface area contributed by atoms with Crippen LogP contribution in [0.4, 0.5) is 10.5 Å². The molecule has 0 bridgehead atoms. The Balaban J connectivity index is 1.74. The maximum Gasteiger partial charge on any atom is 0.319 e. The Morgan fingerprint density at radius 3 is 2.75 bits per heavy atom. The largest absolute Gasteiger partial charge is 0.338 e. The number of anilines is 1. The molecule has 0 saturated heterocycles. The summed E-state index contributed by atoms with van der Waals surface area (Å²) in [5, 5.41) is 6.48. The normalized spacial score (nSPS) is 14.6. The van der Waals surface area contributed by atoms with E-state index in [9.17, 15) is 4.79 Å². The molecular formula is C15H18Cl2N2O. The van der Waals surface area contributed by atoms with E-state index in [1.54, 1.807) is 18.2 Å². The van der Waals surface area contributed by atoms with Crippen molar-refractivity contribution in [1.29, 1.82) is 0 Å². The van der Waals surface area contributed by atoms with Crippen molar-refractivity contribution in [2.75, 3.05) is 11.9 Å². The molecule has 5 heteroatoms. The molecule has 20 heavy (non-hydrogen) atoms. The van der Waals surface area contributed by atoms with Crippen LogP contribution >= 0.6 is 23.2 Å². The fourth-order valence-electron chi connectivity index (χ4n) is 2.22. The van der Waals surface area contributed by atoms with Gasteiger partial charge >= 0.3 is 6.03 Å². The molecule has 0 aliphatic heterocycles. The van der Waals surface area contributed by atoms with Gasteiger partial charge in [-0.05, 0) is 50.3 Å². The molecule has 1 aromatic rings. The van der Waals surface area contributed by atoms with E-state index in [-0.39, 0.29) is 6.03 Å². The van der Waals surface area contributed by atoms with Crippen LogP contribution < -0.4 is 10.6 Å². The minimum Gasteiger partial charge on any atom is -0.338 e. The molecule has 0 spiro atoms. The molecule has 1 aromatic carbocycles. The van der Waals surface area contributed by atoms with Gasteiger partial charge in [0.05, 0.1) is 10.0 Å². The Kier molecular flexibility index (Phi) is 5.74. The molecule has 1 aliphatic carbocycles. The standard InChI is InChI=1S/C15H18Cl2N2O/c16-13-7-6-12(10-14(13)17)19-15(20)18-9-8-11-4-2-1-3-5-11/h4,6-7,10H,1-3,5,8-9H2,(H2,18,19,20). The van der Waals surface area contributed by atoms with Crippen molar-refractivity contribution in [3.8, 4) is 0 Å². The third-order valence-corrected chi connectivity index (χ3v) is 4.03. The third kappa shape index (κ3) is 4.73. The van der Waals surface area contributed by atoms with Gasteiger partial charge in [0.2, 0.25) is 0 Å². The lowest BCUT2D eigenvalue weighted by Crippen LogP contribution is -2.29. The second-order valence-corrected chi connectivity index (χ2v) is 5.68. The number of hydrogen-bond donors (Lipinski definition) is 2. The first-order valence-corrected chi connectivity index (χ1v) is 7.58. The molecule has 2 amide bonds. The Bertz CT molecular complexity index is 515. The number of rotatable bonds is 4. The molecule has 2 rings (SSSR count). The highest BCUT2D eigenvalue weighted by Gasteiger charge is 2.06. The summed E-state index contributed by atoms with van der Waals surface area (Å²) in [6.07, 6.45) is 8.10. The van der Waals surface area contributed by atoms with Gasteiger partial charge in [-0.3, -0.25) is 0 Å². The van der Waals surface area contributed by atoms with Crippen molar-refractivity contribution < 1.29 is 4.79 Å². The molecule has 1 aliphatic rings. The number of urea groups is 1. The molecule has 108 valence electrons. The van der Waals surface area contributed by atoms with E-state index >= 15 is 0 Å². The topological polar surface area (TPSA) is 41.1 Å². The SMILES string of the molecule is O=C(NCCC1=CCCCC1)Nc1ccc(Cl)c(Cl)c1. The van der Waals surface area contributed by atoms with Crippen LogP contribution in [0.25, 0.3) is 0 Å². The Morgan fingerprint density at radius 1 is 1.20 bits per heavy atom. The van der Waals surface area contributed by atoms with Crippen molar-refractivity contribution in [2.45, 2.75) is 32.1 Å². The van der Waals surface area contributed by atoms with Crippen molar-refractivity contribution in [3.05, 3.63) is 39.9 Å². The van der Waals surface area contributed by atoms with E-state index in [2.05, 4.69) is 16.7 Å². The van der Waals surface area contributed by atoms with E-state index in [1.165, 1.54) is 24.8 Å². The van der Waals surface area contributed by atoms with Crippen molar-refractivity contribution in [1.82, 2.24) is 5.32 Å². The number of amides is 2. The zero-order valence-electron chi connectivity index (χ0n) is 11.2. The summed E-state index contributed by atoms with van der Waals surface area (Å²) in [6.45, 7) is 0.652. The van der Waals surface area contributed by atoms with Crippen LogP contribution in [0.1, 0.15) is 32.1 Å². The van der Waals surface area contributed by atoms with E-state index in [0.717, 1.165) is 12.8 Å². The van der Waals surface area contributed by atoms with Gasteiger partial charge in [0.1, 0.15) is 0 Å². The molecule has 0 saturated carbocycles. The molecule has 0 unspecified atom stereocenters. The average molecular weight is 313 g/mol. The van der Waals surface area contributed by atoms with Gasteiger partial charge in [0.15, 0.2) is 0 Å². The van der Waals surface area contributed by atoms with Crippen molar-refractivity contribution in [3.63, 3.8) is 0 Å². The van der Waals surface area contributed by atoms with Crippen LogP contribution in [0.2, 0.25) is 10.0 Å². The van der Waals surface area contributed by atoms with E-state index in [1.807, 2.05) is 0 Å². The van der Waals surface area contributed by atoms with Crippen LogP contribution in [-0.2, 0) is 0 Å². The first kappa shape index (κ1) is 15.2.